The third kappa shape index (κ3) is 4.31. The van der Waals surface area contributed by atoms with Gasteiger partial charge in [-0.3, -0.25) is 9.59 Å². The van der Waals surface area contributed by atoms with Crippen molar-refractivity contribution in [1.29, 1.82) is 0 Å². The molecule has 1 amide bonds. The van der Waals surface area contributed by atoms with Crippen molar-refractivity contribution in [2.75, 3.05) is 5.32 Å². The van der Waals surface area contributed by atoms with E-state index in [4.69, 9.17) is 0 Å². The quantitative estimate of drug-likeness (QED) is 0.715. The first-order valence-corrected chi connectivity index (χ1v) is 9.43. The van der Waals surface area contributed by atoms with Gasteiger partial charge in [-0.2, -0.15) is 0 Å². The molecule has 0 spiro atoms. The first-order valence-electron chi connectivity index (χ1n) is 8.61. The Kier molecular flexibility index (Phi) is 4.97. The Bertz CT molecular complexity index is 1060. The number of rotatable bonds is 3. The molecule has 0 fully saturated rings. The number of amides is 1. The number of hydrogen-bond acceptors (Lipinski definition) is 5. The predicted octanol–water partition coefficient (Wildman–Crippen LogP) is 4.06. The summed E-state index contributed by atoms with van der Waals surface area (Å²) in [5.41, 5.74) is 2.41. The van der Waals surface area contributed by atoms with Crippen LogP contribution in [-0.2, 0) is 5.41 Å². The number of thiazole rings is 1. The monoisotopic (exact) mass is 382 g/mol. The van der Waals surface area contributed by atoms with Gasteiger partial charge in [0.15, 0.2) is 0 Å². The van der Waals surface area contributed by atoms with E-state index in [1.807, 2.05) is 19.1 Å². The number of nitrogens with zero attached hydrogens (tertiary/aromatic N) is 2. The number of aryl methyl sites for hydroxylation is 2. The molecular formula is C20H22N4O2S. The van der Waals surface area contributed by atoms with Gasteiger partial charge in [0.05, 0.1) is 10.7 Å². The first kappa shape index (κ1) is 19.0. The minimum Gasteiger partial charge on any atom is -0.321 e. The van der Waals surface area contributed by atoms with Crippen LogP contribution >= 0.6 is 11.3 Å². The van der Waals surface area contributed by atoms with E-state index in [0.29, 0.717) is 22.1 Å². The lowest BCUT2D eigenvalue weighted by molar-refractivity contribution is 0.103. The molecule has 3 aromatic rings. The van der Waals surface area contributed by atoms with Crippen molar-refractivity contribution in [1.82, 2.24) is 15.0 Å². The molecule has 0 aliphatic carbocycles. The Morgan fingerprint density at radius 3 is 2.52 bits per heavy atom. The number of carbonyl (C=O) groups is 1. The lowest BCUT2D eigenvalue weighted by Gasteiger charge is -2.13. The van der Waals surface area contributed by atoms with Crippen molar-refractivity contribution in [2.45, 2.75) is 40.0 Å². The van der Waals surface area contributed by atoms with E-state index in [1.165, 1.54) is 17.4 Å². The van der Waals surface area contributed by atoms with E-state index in [2.05, 4.69) is 41.0 Å². The first-order chi connectivity index (χ1) is 12.6. The lowest BCUT2D eigenvalue weighted by atomic mass is 9.98. The molecule has 0 unspecified atom stereocenters. The molecule has 1 aromatic carbocycles. The van der Waals surface area contributed by atoms with Gasteiger partial charge in [-0.1, -0.05) is 32.9 Å². The van der Waals surface area contributed by atoms with Crippen LogP contribution in [-0.4, -0.2) is 20.9 Å². The average molecular weight is 382 g/mol. The van der Waals surface area contributed by atoms with Gasteiger partial charge in [0.25, 0.3) is 11.5 Å². The van der Waals surface area contributed by atoms with Crippen LogP contribution in [0.15, 0.2) is 35.1 Å². The fourth-order valence-corrected chi connectivity index (χ4v) is 3.59. The lowest BCUT2D eigenvalue weighted by Crippen LogP contribution is -2.12. The summed E-state index contributed by atoms with van der Waals surface area (Å²) in [4.78, 5) is 36.6. The summed E-state index contributed by atoms with van der Waals surface area (Å²) < 4.78 is 0. The Morgan fingerprint density at radius 1 is 1.15 bits per heavy atom. The summed E-state index contributed by atoms with van der Waals surface area (Å²) in [6.07, 6.45) is 0. The third-order valence-corrected chi connectivity index (χ3v) is 5.49. The van der Waals surface area contributed by atoms with Crippen LogP contribution in [0.25, 0.3) is 11.4 Å². The molecular weight excluding hydrogens is 360 g/mol. The van der Waals surface area contributed by atoms with Crippen LogP contribution in [0, 0.1) is 13.8 Å². The van der Waals surface area contributed by atoms with Crippen molar-refractivity contribution >= 4 is 22.9 Å². The fraction of sp³-hybridized carbons (Fsp3) is 0.300. The number of benzene rings is 1. The predicted molar refractivity (Wildman–Crippen MR) is 109 cm³/mol. The fourth-order valence-electron chi connectivity index (χ4n) is 2.58. The molecule has 7 heteroatoms. The van der Waals surface area contributed by atoms with Crippen molar-refractivity contribution in [3.05, 3.63) is 62.0 Å². The van der Waals surface area contributed by atoms with Crippen LogP contribution in [0.1, 0.15) is 46.8 Å². The second-order valence-corrected chi connectivity index (χ2v) is 8.45. The normalized spacial score (nSPS) is 11.4. The van der Waals surface area contributed by atoms with Gasteiger partial charge in [-0.25, -0.2) is 9.97 Å². The van der Waals surface area contributed by atoms with Crippen molar-refractivity contribution in [3.8, 4) is 11.4 Å². The van der Waals surface area contributed by atoms with Crippen molar-refractivity contribution in [3.63, 3.8) is 0 Å². The summed E-state index contributed by atoms with van der Waals surface area (Å²) in [6, 6.07) is 8.68. The molecule has 2 heterocycles. The van der Waals surface area contributed by atoms with Gasteiger partial charge < -0.3 is 10.3 Å². The third-order valence-electron chi connectivity index (χ3n) is 3.91. The molecule has 2 N–H and O–H groups in total. The highest BCUT2D eigenvalue weighted by atomic mass is 32.1. The van der Waals surface area contributed by atoms with Gasteiger partial charge in [-0.05, 0) is 26.0 Å². The molecule has 0 bridgehead atoms. The zero-order valence-corrected chi connectivity index (χ0v) is 16.8. The van der Waals surface area contributed by atoms with Gasteiger partial charge in [0, 0.05) is 28.4 Å². The number of anilines is 1. The largest absolute Gasteiger partial charge is 0.321 e. The van der Waals surface area contributed by atoms with Crippen molar-refractivity contribution in [2.24, 2.45) is 0 Å². The minimum atomic E-state index is -0.207. The second-order valence-electron chi connectivity index (χ2n) is 7.45. The van der Waals surface area contributed by atoms with Gasteiger partial charge in [0.2, 0.25) is 0 Å². The second kappa shape index (κ2) is 7.08. The SMILES string of the molecule is Cc1cc(=O)[nH]c(-c2cccc(NC(=O)c3sc(C(C)(C)C)nc3C)c2)n1. The highest BCUT2D eigenvalue weighted by Gasteiger charge is 2.23. The zero-order valence-electron chi connectivity index (χ0n) is 16.0. The smallest absolute Gasteiger partial charge is 0.267 e. The number of aromatic amines is 1. The maximum Gasteiger partial charge on any atom is 0.267 e. The number of hydrogen-bond donors (Lipinski definition) is 2. The number of nitrogens with one attached hydrogen (secondary N) is 2. The molecule has 0 radical (unpaired) electrons. The molecule has 3 rings (SSSR count). The molecule has 0 aliphatic heterocycles. The van der Waals surface area contributed by atoms with Crippen LogP contribution in [0.2, 0.25) is 0 Å². The van der Waals surface area contributed by atoms with Crippen LogP contribution in [0.4, 0.5) is 5.69 Å². The van der Waals surface area contributed by atoms with E-state index in [-0.39, 0.29) is 16.9 Å². The Morgan fingerprint density at radius 2 is 1.89 bits per heavy atom. The van der Waals surface area contributed by atoms with Crippen molar-refractivity contribution < 1.29 is 4.79 Å². The summed E-state index contributed by atoms with van der Waals surface area (Å²) in [7, 11) is 0. The summed E-state index contributed by atoms with van der Waals surface area (Å²) in [5, 5.41) is 3.85. The van der Waals surface area contributed by atoms with Gasteiger partial charge in [-0.15, -0.1) is 11.3 Å². The van der Waals surface area contributed by atoms with E-state index >= 15 is 0 Å². The standard InChI is InChI=1S/C20H22N4O2S/c1-11-9-15(25)24-17(21-11)13-7-6-8-14(10-13)23-18(26)16-12(2)22-19(27-16)20(3,4)5/h6-10H,1-5H3,(H,23,26)(H,21,24,25). The van der Waals surface area contributed by atoms with E-state index in [9.17, 15) is 9.59 Å². The Balaban J connectivity index is 1.87. The number of carbonyl (C=O) groups excluding carboxylic acids is 1. The summed E-state index contributed by atoms with van der Waals surface area (Å²) in [6.45, 7) is 9.84. The Labute approximate surface area is 161 Å². The Hall–Kier alpha value is -2.80. The molecule has 2 aromatic heterocycles. The molecule has 140 valence electrons. The summed E-state index contributed by atoms with van der Waals surface area (Å²) in [5.74, 6) is 0.281. The molecule has 0 saturated carbocycles. The minimum absolute atomic E-state index is 0.101. The number of aromatic nitrogens is 3. The molecule has 0 atom stereocenters. The average Bonchev–Trinajstić information content (AvgIpc) is 2.96. The maximum absolute atomic E-state index is 12.7. The highest BCUT2D eigenvalue weighted by molar-refractivity contribution is 7.14. The van der Waals surface area contributed by atoms with Gasteiger partial charge in [0.1, 0.15) is 10.7 Å². The maximum atomic E-state index is 12.7. The highest BCUT2D eigenvalue weighted by Crippen LogP contribution is 2.30. The zero-order chi connectivity index (χ0) is 19.8. The molecule has 6 nitrogen and oxygen atoms in total. The number of H-pyrrole nitrogens is 1. The van der Waals surface area contributed by atoms with E-state index < -0.39 is 0 Å². The summed E-state index contributed by atoms with van der Waals surface area (Å²) >= 11 is 1.42. The van der Waals surface area contributed by atoms with E-state index in [0.717, 1.165) is 16.3 Å². The van der Waals surface area contributed by atoms with Crippen LogP contribution in [0.3, 0.4) is 0 Å². The molecule has 0 aliphatic rings. The molecule has 27 heavy (non-hydrogen) atoms. The van der Waals surface area contributed by atoms with Crippen LogP contribution < -0.4 is 10.9 Å². The topological polar surface area (TPSA) is 87.7 Å². The van der Waals surface area contributed by atoms with Gasteiger partial charge >= 0.3 is 0 Å². The van der Waals surface area contributed by atoms with E-state index in [1.54, 1.807) is 19.1 Å². The molecule has 0 saturated heterocycles. The van der Waals surface area contributed by atoms with Crippen LogP contribution in [0.5, 0.6) is 0 Å².